The molecule has 0 amide bonds. The molecule has 4 nitrogen and oxygen atoms in total. The number of ether oxygens (including phenoxy) is 1. The van der Waals surface area contributed by atoms with Gasteiger partial charge < -0.3 is 10.5 Å². The van der Waals surface area contributed by atoms with E-state index in [2.05, 4.69) is 29.7 Å². The second-order valence-electron chi connectivity index (χ2n) is 5.78. The molecule has 4 heteroatoms. The van der Waals surface area contributed by atoms with Crippen molar-refractivity contribution < 1.29 is 4.74 Å². The van der Waals surface area contributed by atoms with Crippen molar-refractivity contribution in [2.24, 2.45) is 5.73 Å². The number of nitrogens with two attached hydrogens (primary N) is 1. The standard InChI is InChI=1S/C16H27N3O/c1-13(2)19-10-8-18(9-11-19)12-15(17)14-6-4-5-7-16(14)20-3/h4-7,13,15H,8-12,17H2,1-3H3. The summed E-state index contributed by atoms with van der Waals surface area (Å²) < 4.78 is 5.40. The van der Waals surface area contributed by atoms with E-state index in [1.54, 1.807) is 7.11 Å². The van der Waals surface area contributed by atoms with Crippen molar-refractivity contribution in [2.75, 3.05) is 39.8 Å². The van der Waals surface area contributed by atoms with Gasteiger partial charge in [-0.2, -0.15) is 0 Å². The highest BCUT2D eigenvalue weighted by atomic mass is 16.5. The molecule has 0 bridgehead atoms. The van der Waals surface area contributed by atoms with Crippen molar-refractivity contribution >= 4 is 0 Å². The van der Waals surface area contributed by atoms with Crippen molar-refractivity contribution in [1.29, 1.82) is 0 Å². The van der Waals surface area contributed by atoms with Crippen LogP contribution in [-0.2, 0) is 0 Å². The fraction of sp³-hybridized carbons (Fsp3) is 0.625. The molecule has 0 aliphatic carbocycles. The lowest BCUT2D eigenvalue weighted by molar-refractivity contribution is 0.104. The van der Waals surface area contributed by atoms with E-state index in [1.165, 1.54) is 0 Å². The van der Waals surface area contributed by atoms with Gasteiger partial charge in [-0.05, 0) is 19.9 Å². The summed E-state index contributed by atoms with van der Waals surface area (Å²) in [5.41, 5.74) is 7.46. The highest BCUT2D eigenvalue weighted by Gasteiger charge is 2.21. The minimum Gasteiger partial charge on any atom is -0.496 e. The van der Waals surface area contributed by atoms with Gasteiger partial charge in [0.25, 0.3) is 0 Å². The molecular weight excluding hydrogens is 250 g/mol. The number of piperazine rings is 1. The maximum atomic E-state index is 6.36. The highest BCUT2D eigenvalue weighted by Crippen LogP contribution is 2.24. The van der Waals surface area contributed by atoms with E-state index in [0.29, 0.717) is 6.04 Å². The molecule has 1 atom stereocenters. The van der Waals surface area contributed by atoms with Gasteiger partial charge in [0.05, 0.1) is 7.11 Å². The van der Waals surface area contributed by atoms with Crippen LogP contribution in [0.2, 0.25) is 0 Å². The zero-order chi connectivity index (χ0) is 14.5. The predicted molar refractivity (Wildman–Crippen MR) is 83.1 cm³/mol. The minimum absolute atomic E-state index is 0.0109. The number of para-hydroxylation sites is 1. The number of hydrogen-bond acceptors (Lipinski definition) is 4. The zero-order valence-electron chi connectivity index (χ0n) is 12.9. The monoisotopic (exact) mass is 277 g/mol. The van der Waals surface area contributed by atoms with E-state index in [1.807, 2.05) is 18.2 Å². The summed E-state index contributed by atoms with van der Waals surface area (Å²) >= 11 is 0. The largest absolute Gasteiger partial charge is 0.496 e. The Kier molecular flexibility index (Phi) is 5.40. The average molecular weight is 277 g/mol. The molecule has 0 aromatic heterocycles. The molecule has 1 unspecified atom stereocenters. The van der Waals surface area contributed by atoms with Crippen LogP contribution in [0.5, 0.6) is 5.75 Å². The molecule has 2 N–H and O–H groups in total. The van der Waals surface area contributed by atoms with Crippen molar-refractivity contribution in [1.82, 2.24) is 9.80 Å². The maximum Gasteiger partial charge on any atom is 0.123 e. The summed E-state index contributed by atoms with van der Waals surface area (Å²) in [7, 11) is 1.70. The number of benzene rings is 1. The second-order valence-corrected chi connectivity index (χ2v) is 5.78. The van der Waals surface area contributed by atoms with Gasteiger partial charge in [0.15, 0.2) is 0 Å². The molecule has 1 aliphatic rings. The lowest BCUT2D eigenvalue weighted by Crippen LogP contribution is -2.50. The first kappa shape index (κ1) is 15.3. The van der Waals surface area contributed by atoms with Gasteiger partial charge in [-0.3, -0.25) is 9.80 Å². The summed E-state index contributed by atoms with van der Waals surface area (Å²) in [6, 6.07) is 8.70. The molecular formula is C16H27N3O. The van der Waals surface area contributed by atoms with Gasteiger partial charge in [0.2, 0.25) is 0 Å². The Morgan fingerprint density at radius 3 is 2.40 bits per heavy atom. The van der Waals surface area contributed by atoms with Crippen LogP contribution in [0.1, 0.15) is 25.5 Å². The first-order chi connectivity index (χ1) is 9.61. The van der Waals surface area contributed by atoms with Gasteiger partial charge in [-0.1, -0.05) is 18.2 Å². The number of hydrogen-bond donors (Lipinski definition) is 1. The molecule has 1 fully saturated rings. The molecule has 112 valence electrons. The molecule has 0 saturated carbocycles. The van der Waals surface area contributed by atoms with Crippen molar-refractivity contribution in [3.05, 3.63) is 29.8 Å². The summed E-state index contributed by atoms with van der Waals surface area (Å²) in [5, 5.41) is 0. The molecule has 1 aromatic carbocycles. The Balaban J connectivity index is 1.91. The Hall–Kier alpha value is -1.10. The minimum atomic E-state index is 0.0109. The fourth-order valence-electron chi connectivity index (χ4n) is 2.81. The molecule has 1 aromatic rings. The smallest absolute Gasteiger partial charge is 0.123 e. The Labute approximate surface area is 122 Å². The van der Waals surface area contributed by atoms with Gasteiger partial charge in [0, 0.05) is 50.4 Å². The topological polar surface area (TPSA) is 41.7 Å². The Morgan fingerprint density at radius 2 is 1.80 bits per heavy atom. The van der Waals surface area contributed by atoms with E-state index >= 15 is 0 Å². The van der Waals surface area contributed by atoms with E-state index in [4.69, 9.17) is 10.5 Å². The molecule has 1 aliphatic heterocycles. The van der Waals surface area contributed by atoms with Gasteiger partial charge in [-0.25, -0.2) is 0 Å². The molecule has 20 heavy (non-hydrogen) atoms. The lowest BCUT2D eigenvalue weighted by Gasteiger charge is -2.38. The third kappa shape index (κ3) is 3.72. The van der Waals surface area contributed by atoms with Gasteiger partial charge in [0.1, 0.15) is 5.75 Å². The number of nitrogens with zero attached hydrogens (tertiary/aromatic N) is 2. The van der Waals surface area contributed by atoms with Gasteiger partial charge in [-0.15, -0.1) is 0 Å². The summed E-state index contributed by atoms with van der Waals surface area (Å²) in [6.45, 7) is 9.88. The van der Waals surface area contributed by atoms with Crippen molar-refractivity contribution in [3.8, 4) is 5.75 Å². The quantitative estimate of drug-likeness (QED) is 0.890. The van der Waals surface area contributed by atoms with Gasteiger partial charge >= 0.3 is 0 Å². The number of methoxy groups -OCH3 is 1. The van der Waals surface area contributed by atoms with Crippen LogP contribution < -0.4 is 10.5 Å². The molecule has 2 rings (SSSR count). The van der Waals surface area contributed by atoms with Crippen LogP contribution in [0.25, 0.3) is 0 Å². The predicted octanol–water partition coefficient (Wildman–Crippen LogP) is 1.72. The lowest BCUT2D eigenvalue weighted by atomic mass is 10.1. The summed E-state index contributed by atoms with van der Waals surface area (Å²) in [5.74, 6) is 0.890. The second kappa shape index (κ2) is 7.07. The summed E-state index contributed by atoms with van der Waals surface area (Å²) in [4.78, 5) is 4.97. The number of rotatable bonds is 5. The first-order valence-corrected chi connectivity index (χ1v) is 7.46. The van der Waals surface area contributed by atoms with Crippen LogP contribution in [0.4, 0.5) is 0 Å². The first-order valence-electron chi connectivity index (χ1n) is 7.46. The Bertz CT molecular complexity index is 414. The third-order valence-electron chi connectivity index (χ3n) is 4.13. The maximum absolute atomic E-state index is 6.36. The average Bonchev–Trinajstić information content (AvgIpc) is 2.47. The van der Waals surface area contributed by atoms with Crippen LogP contribution in [0.3, 0.4) is 0 Å². The molecule has 1 heterocycles. The van der Waals surface area contributed by atoms with Crippen molar-refractivity contribution in [2.45, 2.75) is 25.9 Å². The van der Waals surface area contributed by atoms with E-state index in [-0.39, 0.29) is 6.04 Å². The Morgan fingerprint density at radius 1 is 1.15 bits per heavy atom. The van der Waals surface area contributed by atoms with E-state index in [0.717, 1.165) is 44.0 Å². The molecule has 1 saturated heterocycles. The van der Waals surface area contributed by atoms with E-state index < -0.39 is 0 Å². The normalized spacial score (nSPS) is 19.2. The van der Waals surface area contributed by atoms with Crippen LogP contribution in [0, 0.1) is 0 Å². The third-order valence-corrected chi connectivity index (χ3v) is 4.13. The van der Waals surface area contributed by atoms with Crippen molar-refractivity contribution in [3.63, 3.8) is 0 Å². The van der Waals surface area contributed by atoms with E-state index in [9.17, 15) is 0 Å². The fourth-order valence-corrected chi connectivity index (χ4v) is 2.81. The molecule has 0 radical (unpaired) electrons. The highest BCUT2D eigenvalue weighted by molar-refractivity contribution is 5.35. The van der Waals surface area contributed by atoms with Crippen LogP contribution >= 0.6 is 0 Å². The molecule has 0 spiro atoms. The zero-order valence-corrected chi connectivity index (χ0v) is 12.9. The summed E-state index contributed by atoms with van der Waals surface area (Å²) in [6.07, 6.45) is 0. The SMILES string of the molecule is COc1ccccc1C(N)CN1CCN(C(C)C)CC1. The van der Waals surface area contributed by atoms with Crippen LogP contribution in [-0.4, -0.2) is 55.7 Å². The van der Waals surface area contributed by atoms with Crippen LogP contribution in [0.15, 0.2) is 24.3 Å².